The molecule has 27 heavy (non-hydrogen) atoms. The largest absolute Gasteiger partial charge is 0.489 e. The van der Waals surface area contributed by atoms with Crippen LogP contribution in [0, 0.1) is 23.7 Å². The maximum atomic E-state index is 6.05. The average Bonchev–Trinajstić information content (AvgIpc) is 2.66. The van der Waals surface area contributed by atoms with Crippen LogP contribution in [-0.4, -0.2) is 6.04 Å². The molecule has 4 fully saturated rings. The zero-order chi connectivity index (χ0) is 18.2. The van der Waals surface area contributed by atoms with Crippen LogP contribution in [-0.2, 0) is 13.2 Å². The summed E-state index contributed by atoms with van der Waals surface area (Å²) in [5.74, 6) is 4.84. The predicted octanol–water partition coefficient (Wildman–Crippen LogP) is 5.83. The van der Waals surface area contributed by atoms with Gasteiger partial charge in [-0.05, 0) is 91.2 Å². The van der Waals surface area contributed by atoms with E-state index in [4.69, 9.17) is 16.3 Å². The van der Waals surface area contributed by atoms with Crippen molar-refractivity contribution in [3.63, 3.8) is 0 Å². The van der Waals surface area contributed by atoms with Crippen LogP contribution in [0.25, 0.3) is 0 Å². The van der Waals surface area contributed by atoms with Crippen LogP contribution in [0.4, 0.5) is 0 Å². The lowest BCUT2D eigenvalue weighted by Gasteiger charge is -2.54. The van der Waals surface area contributed by atoms with Crippen molar-refractivity contribution in [2.45, 2.75) is 51.3 Å². The Morgan fingerprint density at radius 3 is 2.30 bits per heavy atom. The van der Waals surface area contributed by atoms with Crippen LogP contribution in [0.3, 0.4) is 0 Å². The Labute approximate surface area is 167 Å². The molecule has 0 atom stereocenters. The van der Waals surface area contributed by atoms with E-state index in [1.54, 1.807) is 0 Å². The van der Waals surface area contributed by atoms with E-state index in [0.29, 0.717) is 6.61 Å². The Balaban J connectivity index is 1.19. The van der Waals surface area contributed by atoms with Gasteiger partial charge >= 0.3 is 0 Å². The van der Waals surface area contributed by atoms with Crippen molar-refractivity contribution in [2.75, 3.05) is 0 Å². The van der Waals surface area contributed by atoms with Crippen molar-refractivity contribution in [2.24, 2.45) is 23.7 Å². The SMILES string of the molecule is Clc1cccc(COc2cccc(CNC3C4CC5CC(C4)CC3C5)c2)c1. The van der Waals surface area contributed by atoms with Crippen LogP contribution in [0.5, 0.6) is 5.75 Å². The second-order valence-electron chi connectivity index (χ2n) is 8.90. The van der Waals surface area contributed by atoms with E-state index in [2.05, 4.69) is 23.5 Å². The first-order valence-electron chi connectivity index (χ1n) is 10.4. The van der Waals surface area contributed by atoms with Gasteiger partial charge in [-0.2, -0.15) is 0 Å². The molecule has 3 heteroatoms. The summed E-state index contributed by atoms with van der Waals surface area (Å²) in [6.07, 6.45) is 7.38. The summed E-state index contributed by atoms with van der Waals surface area (Å²) >= 11 is 6.05. The summed E-state index contributed by atoms with van der Waals surface area (Å²) < 4.78 is 5.99. The lowest BCUT2D eigenvalue weighted by atomic mass is 9.54. The van der Waals surface area contributed by atoms with Gasteiger partial charge in [-0.3, -0.25) is 0 Å². The normalized spacial score (nSPS) is 31.2. The van der Waals surface area contributed by atoms with Gasteiger partial charge in [0, 0.05) is 17.6 Å². The lowest BCUT2D eigenvalue weighted by Crippen LogP contribution is -2.54. The molecule has 0 aromatic heterocycles. The van der Waals surface area contributed by atoms with Crippen LogP contribution >= 0.6 is 11.6 Å². The van der Waals surface area contributed by atoms with Gasteiger partial charge in [-0.25, -0.2) is 0 Å². The van der Waals surface area contributed by atoms with E-state index in [1.807, 2.05) is 30.3 Å². The fraction of sp³-hybridized carbons (Fsp3) is 0.500. The minimum atomic E-state index is 0.549. The van der Waals surface area contributed by atoms with Gasteiger partial charge in [0.25, 0.3) is 0 Å². The zero-order valence-electron chi connectivity index (χ0n) is 15.7. The summed E-state index contributed by atoms with van der Waals surface area (Å²) in [5, 5.41) is 4.67. The van der Waals surface area contributed by atoms with Crippen molar-refractivity contribution >= 4 is 11.6 Å². The van der Waals surface area contributed by atoms with Gasteiger partial charge in [0.15, 0.2) is 0 Å². The molecule has 0 amide bonds. The Kier molecular flexibility index (Phi) is 4.87. The van der Waals surface area contributed by atoms with E-state index >= 15 is 0 Å². The fourth-order valence-electron chi connectivity index (χ4n) is 6.03. The topological polar surface area (TPSA) is 21.3 Å². The summed E-state index contributed by atoms with van der Waals surface area (Å²) in [6.45, 7) is 1.49. The number of halogens is 1. The third kappa shape index (κ3) is 3.88. The van der Waals surface area contributed by atoms with Crippen LogP contribution in [0.15, 0.2) is 48.5 Å². The van der Waals surface area contributed by atoms with E-state index in [1.165, 1.54) is 37.7 Å². The van der Waals surface area contributed by atoms with Crippen molar-refractivity contribution in [3.05, 3.63) is 64.7 Å². The molecule has 4 saturated carbocycles. The van der Waals surface area contributed by atoms with Crippen molar-refractivity contribution in [3.8, 4) is 5.75 Å². The third-order valence-electron chi connectivity index (χ3n) is 6.96. The first-order chi connectivity index (χ1) is 13.2. The molecule has 0 aliphatic heterocycles. The minimum absolute atomic E-state index is 0.549. The molecule has 0 spiro atoms. The third-order valence-corrected chi connectivity index (χ3v) is 7.20. The first kappa shape index (κ1) is 17.6. The maximum Gasteiger partial charge on any atom is 0.120 e. The highest BCUT2D eigenvalue weighted by Gasteiger charge is 2.47. The summed E-state index contributed by atoms with van der Waals surface area (Å²) in [7, 11) is 0. The highest BCUT2D eigenvalue weighted by molar-refractivity contribution is 6.30. The molecule has 0 saturated heterocycles. The number of ether oxygens (including phenoxy) is 1. The number of benzene rings is 2. The zero-order valence-corrected chi connectivity index (χ0v) is 16.5. The van der Waals surface area contributed by atoms with E-state index in [0.717, 1.165) is 52.6 Å². The van der Waals surface area contributed by atoms with Crippen molar-refractivity contribution in [1.29, 1.82) is 0 Å². The molecule has 4 aliphatic rings. The predicted molar refractivity (Wildman–Crippen MR) is 110 cm³/mol. The monoisotopic (exact) mass is 381 g/mol. The summed E-state index contributed by atoms with van der Waals surface area (Å²) in [6, 6.07) is 17.1. The molecule has 142 valence electrons. The molecule has 2 aromatic carbocycles. The summed E-state index contributed by atoms with van der Waals surface area (Å²) in [4.78, 5) is 0. The van der Waals surface area contributed by atoms with E-state index in [9.17, 15) is 0 Å². The number of hydrogen-bond acceptors (Lipinski definition) is 2. The Hall–Kier alpha value is -1.51. The molecule has 0 heterocycles. The molecular weight excluding hydrogens is 354 g/mol. The van der Waals surface area contributed by atoms with Gasteiger partial charge < -0.3 is 10.1 Å². The fourth-order valence-corrected chi connectivity index (χ4v) is 6.25. The van der Waals surface area contributed by atoms with Crippen molar-refractivity contribution < 1.29 is 4.74 Å². The second-order valence-corrected chi connectivity index (χ2v) is 9.34. The molecule has 0 radical (unpaired) electrons. The Morgan fingerprint density at radius 1 is 0.852 bits per heavy atom. The molecule has 4 aliphatic carbocycles. The smallest absolute Gasteiger partial charge is 0.120 e. The Morgan fingerprint density at radius 2 is 1.56 bits per heavy atom. The number of hydrogen-bond donors (Lipinski definition) is 1. The quantitative estimate of drug-likeness (QED) is 0.679. The van der Waals surface area contributed by atoms with Crippen LogP contribution in [0.2, 0.25) is 5.02 Å². The number of rotatable bonds is 6. The molecule has 4 bridgehead atoms. The molecule has 6 rings (SSSR count). The van der Waals surface area contributed by atoms with Gasteiger partial charge in [0.1, 0.15) is 12.4 Å². The van der Waals surface area contributed by atoms with Gasteiger partial charge in [0.05, 0.1) is 0 Å². The lowest BCUT2D eigenvalue weighted by molar-refractivity contribution is -0.0142. The van der Waals surface area contributed by atoms with E-state index < -0.39 is 0 Å². The summed E-state index contributed by atoms with van der Waals surface area (Å²) in [5.41, 5.74) is 2.41. The Bertz CT molecular complexity index is 776. The van der Waals surface area contributed by atoms with Crippen LogP contribution < -0.4 is 10.1 Å². The number of nitrogens with one attached hydrogen (secondary N) is 1. The molecule has 0 unspecified atom stereocenters. The van der Waals surface area contributed by atoms with Gasteiger partial charge in [-0.15, -0.1) is 0 Å². The minimum Gasteiger partial charge on any atom is -0.489 e. The molecule has 2 nitrogen and oxygen atoms in total. The van der Waals surface area contributed by atoms with E-state index in [-0.39, 0.29) is 0 Å². The molecule has 1 N–H and O–H groups in total. The van der Waals surface area contributed by atoms with Crippen molar-refractivity contribution in [1.82, 2.24) is 5.32 Å². The van der Waals surface area contributed by atoms with Gasteiger partial charge in [-0.1, -0.05) is 35.9 Å². The highest BCUT2D eigenvalue weighted by atomic mass is 35.5. The molecular formula is C24H28ClNO. The van der Waals surface area contributed by atoms with Gasteiger partial charge in [0.2, 0.25) is 0 Å². The standard InChI is InChI=1S/C24H28ClNO/c25-22-5-1-4-17(12-22)15-27-23-6-2-3-16(13-23)14-26-24-20-8-18-7-19(10-20)11-21(24)9-18/h1-6,12-13,18-21,24,26H,7-11,14-15H2. The second kappa shape index (κ2) is 7.48. The maximum absolute atomic E-state index is 6.05. The first-order valence-corrected chi connectivity index (χ1v) is 10.8. The highest BCUT2D eigenvalue weighted by Crippen LogP contribution is 2.53. The molecule has 2 aromatic rings. The van der Waals surface area contributed by atoms with Crippen LogP contribution in [0.1, 0.15) is 43.2 Å². The average molecular weight is 382 g/mol.